The van der Waals surface area contributed by atoms with E-state index in [-0.39, 0.29) is 23.4 Å². The highest BCUT2D eigenvalue weighted by Gasteiger charge is 2.13. The van der Waals surface area contributed by atoms with E-state index < -0.39 is 10.1 Å². The van der Waals surface area contributed by atoms with Crippen molar-refractivity contribution < 1.29 is 12.6 Å². The minimum atomic E-state index is -3.56. The van der Waals surface area contributed by atoms with Gasteiger partial charge in [0.2, 0.25) is 0 Å². The first-order valence-corrected chi connectivity index (χ1v) is 9.60. The normalized spacial score (nSPS) is 10.4. The third kappa shape index (κ3) is 12.9. The van der Waals surface area contributed by atoms with Crippen LogP contribution in [0.5, 0.6) is 0 Å². The molecule has 25 heavy (non-hydrogen) atoms. The van der Waals surface area contributed by atoms with Crippen molar-refractivity contribution in [3.05, 3.63) is 30.3 Å². The average molecular weight is 372 g/mol. The first-order chi connectivity index (χ1) is 11.8. The molecule has 142 valence electrons. The van der Waals surface area contributed by atoms with Gasteiger partial charge in [-0.3, -0.25) is 20.3 Å². The standard InChI is InChI=1S/C14H22O3S.C2H7N5/c1-2-3-4-5-6-10-13-17-18(15,16)14-11-8-7-9-12-14;3-1(4)7-2(5)6/h7-9,11-12H,2-6,10,13H2,1H3;(H7,3,4,5,6,7). The summed E-state index contributed by atoms with van der Waals surface area (Å²) in [5.74, 6) is -0.625. The summed E-state index contributed by atoms with van der Waals surface area (Å²) in [6.07, 6.45) is 6.69. The Hall–Kier alpha value is -2.13. The Morgan fingerprint density at radius 2 is 1.52 bits per heavy atom. The van der Waals surface area contributed by atoms with Crippen LogP contribution < -0.4 is 16.8 Å². The second-order valence-corrected chi connectivity index (χ2v) is 6.92. The summed E-state index contributed by atoms with van der Waals surface area (Å²) in [5, 5.41) is 15.0. The van der Waals surface area contributed by atoms with Crippen LogP contribution in [0.2, 0.25) is 0 Å². The summed E-state index contributed by atoms with van der Waals surface area (Å²) in [4.78, 5) is 0.232. The third-order valence-electron chi connectivity index (χ3n) is 3.04. The molecule has 0 unspecified atom stereocenters. The molecule has 0 aliphatic rings. The van der Waals surface area contributed by atoms with Crippen LogP contribution in [0.15, 0.2) is 35.2 Å². The Labute approximate surface area is 150 Å². The first-order valence-electron chi connectivity index (χ1n) is 8.19. The van der Waals surface area contributed by atoms with Gasteiger partial charge in [-0.25, -0.2) is 0 Å². The van der Waals surface area contributed by atoms with E-state index in [1.165, 1.54) is 19.3 Å². The lowest BCUT2D eigenvalue weighted by molar-refractivity contribution is 0.306. The molecule has 9 heteroatoms. The number of benzene rings is 1. The zero-order chi connectivity index (χ0) is 19.1. The first kappa shape index (κ1) is 22.9. The van der Waals surface area contributed by atoms with E-state index in [4.69, 9.17) is 26.5 Å². The Bertz CT molecular complexity index is 593. The van der Waals surface area contributed by atoms with E-state index >= 15 is 0 Å². The summed E-state index contributed by atoms with van der Waals surface area (Å²) >= 11 is 0. The highest BCUT2D eigenvalue weighted by atomic mass is 32.2. The maximum Gasteiger partial charge on any atom is 0.296 e. The van der Waals surface area contributed by atoms with Gasteiger partial charge in [-0.2, -0.15) is 8.42 Å². The monoisotopic (exact) mass is 371 g/mol. The van der Waals surface area contributed by atoms with Crippen molar-refractivity contribution in [1.82, 2.24) is 5.32 Å². The van der Waals surface area contributed by atoms with Crippen LogP contribution in [0.3, 0.4) is 0 Å². The van der Waals surface area contributed by atoms with Crippen LogP contribution in [-0.4, -0.2) is 26.9 Å². The van der Waals surface area contributed by atoms with E-state index in [9.17, 15) is 8.42 Å². The molecule has 0 bridgehead atoms. The van der Waals surface area contributed by atoms with Gasteiger partial charge in [-0.05, 0) is 18.6 Å². The van der Waals surface area contributed by atoms with Crippen molar-refractivity contribution in [2.75, 3.05) is 6.61 Å². The van der Waals surface area contributed by atoms with Gasteiger partial charge in [0, 0.05) is 0 Å². The van der Waals surface area contributed by atoms with Crippen molar-refractivity contribution in [3.63, 3.8) is 0 Å². The quantitative estimate of drug-likeness (QED) is 0.194. The van der Waals surface area contributed by atoms with Crippen LogP contribution in [-0.2, 0) is 14.3 Å². The molecule has 8 nitrogen and oxygen atoms in total. The number of rotatable bonds is 9. The fraction of sp³-hybridized carbons (Fsp3) is 0.500. The van der Waals surface area contributed by atoms with Crippen LogP contribution in [0.4, 0.5) is 0 Å². The van der Waals surface area contributed by atoms with Gasteiger partial charge >= 0.3 is 0 Å². The lowest BCUT2D eigenvalue weighted by Gasteiger charge is -2.05. The smallest absolute Gasteiger partial charge is 0.296 e. The zero-order valence-corrected chi connectivity index (χ0v) is 15.4. The largest absolute Gasteiger partial charge is 0.370 e. The minimum absolute atomic E-state index is 0.232. The van der Waals surface area contributed by atoms with Gasteiger partial charge in [0.05, 0.1) is 11.5 Å². The molecule has 0 spiro atoms. The molecule has 0 heterocycles. The third-order valence-corrected chi connectivity index (χ3v) is 4.36. The molecule has 0 aliphatic carbocycles. The lowest BCUT2D eigenvalue weighted by Crippen LogP contribution is -2.39. The molecule has 0 radical (unpaired) electrons. The number of nitrogens with two attached hydrogens (primary N) is 2. The number of nitrogens with one attached hydrogen (secondary N) is 3. The molecule has 0 amide bonds. The number of hydrogen-bond acceptors (Lipinski definition) is 5. The summed E-state index contributed by atoms with van der Waals surface area (Å²) in [5.41, 5.74) is 9.49. The maximum absolute atomic E-state index is 11.7. The molecule has 0 saturated heterocycles. The molecule has 0 saturated carbocycles. The van der Waals surface area contributed by atoms with Crippen LogP contribution in [0.1, 0.15) is 45.4 Å². The molecule has 7 N–H and O–H groups in total. The highest BCUT2D eigenvalue weighted by molar-refractivity contribution is 7.86. The Kier molecular flexibility index (Phi) is 12.1. The van der Waals surface area contributed by atoms with Crippen LogP contribution in [0.25, 0.3) is 0 Å². The number of guanidine groups is 2. The molecule has 0 aliphatic heterocycles. The Morgan fingerprint density at radius 3 is 2.00 bits per heavy atom. The molecule has 0 fully saturated rings. The van der Waals surface area contributed by atoms with E-state index in [1.807, 2.05) is 5.32 Å². The van der Waals surface area contributed by atoms with Crippen molar-refractivity contribution in [2.24, 2.45) is 11.5 Å². The van der Waals surface area contributed by atoms with Crippen molar-refractivity contribution in [1.29, 1.82) is 10.8 Å². The van der Waals surface area contributed by atoms with Gasteiger partial charge in [-0.15, -0.1) is 0 Å². The lowest BCUT2D eigenvalue weighted by atomic mass is 10.1. The second kappa shape index (κ2) is 13.2. The SMILES string of the molecule is CCCCCCCCOS(=O)(=O)c1ccccc1.N=C(N)NC(=N)N. The predicted octanol–water partition coefficient (Wildman–Crippen LogP) is 2.12. The van der Waals surface area contributed by atoms with Crippen molar-refractivity contribution >= 4 is 22.0 Å². The molecular weight excluding hydrogens is 342 g/mol. The van der Waals surface area contributed by atoms with Gasteiger partial charge in [0.15, 0.2) is 11.9 Å². The number of hydrogen-bond donors (Lipinski definition) is 5. The average Bonchev–Trinajstić information content (AvgIpc) is 2.54. The summed E-state index contributed by atoms with van der Waals surface area (Å²) in [6, 6.07) is 8.28. The number of unbranched alkanes of at least 4 members (excludes halogenated alkanes) is 5. The summed E-state index contributed by atoms with van der Waals surface area (Å²) in [6.45, 7) is 2.46. The second-order valence-electron chi connectivity index (χ2n) is 5.31. The minimum Gasteiger partial charge on any atom is -0.370 e. The van der Waals surface area contributed by atoms with E-state index in [2.05, 4.69) is 6.92 Å². The van der Waals surface area contributed by atoms with Crippen LogP contribution >= 0.6 is 0 Å². The Balaban J connectivity index is 0.000000697. The highest BCUT2D eigenvalue weighted by Crippen LogP contribution is 2.12. The molecule has 0 atom stereocenters. The van der Waals surface area contributed by atoms with Gasteiger partial charge in [-0.1, -0.05) is 57.2 Å². The van der Waals surface area contributed by atoms with Crippen molar-refractivity contribution in [3.8, 4) is 0 Å². The van der Waals surface area contributed by atoms with E-state index in [1.54, 1.807) is 30.3 Å². The molecule has 1 aromatic rings. The van der Waals surface area contributed by atoms with Gasteiger partial charge in [0.1, 0.15) is 0 Å². The van der Waals surface area contributed by atoms with Gasteiger partial charge < -0.3 is 11.5 Å². The Morgan fingerprint density at radius 1 is 1.00 bits per heavy atom. The topological polar surface area (TPSA) is 155 Å². The fourth-order valence-corrected chi connectivity index (χ4v) is 2.82. The summed E-state index contributed by atoms with van der Waals surface area (Å²) in [7, 11) is -3.56. The molecular formula is C16H29N5O3S. The van der Waals surface area contributed by atoms with Gasteiger partial charge in [0.25, 0.3) is 10.1 Å². The van der Waals surface area contributed by atoms with E-state index in [0.29, 0.717) is 0 Å². The maximum atomic E-state index is 11.7. The predicted molar refractivity (Wildman–Crippen MR) is 99.9 cm³/mol. The summed E-state index contributed by atoms with van der Waals surface area (Å²) < 4.78 is 28.5. The zero-order valence-electron chi connectivity index (χ0n) is 14.6. The fourth-order valence-electron chi connectivity index (χ4n) is 1.85. The van der Waals surface area contributed by atoms with Crippen molar-refractivity contribution in [2.45, 2.75) is 50.3 Å². The molecule has 1 rings (SSSR count). The van der Waals surface area contributed by atoms with E-state index in [0.717, 1.165) is 19.3 Å². The molecule has 0 aromatic heterocycles. The molecule has 1 aromatic carbocycles. The van der Waals surface area contributed by atoms with Crippen LogP contribution in [0, 0.1) is 10.8 Å².